The fraction of sp³-hybridized carbons (Fsp3) is 0.333. The molecule has 0 amide bonds. The van der Waals surface area contributed by atoms with Crippen LogP contribution >= 0.6 is 23.4 Å². The van der Waals surface area contributed by atoms with E-state index in [0.717, 1.165) is 10.6 Å². The van der Waals surface area contributed by atoms with Crippen LogP contribution in [0.1, 0.15) is 5.56 Å². The van der Waals surface area contributed by atoms with Crippen LogP contribution in [-0.2, 0) is 11.3 Å². The Morgan fingerprint density at radius 1 is 1.50 bits per heavy atom. The summed E-state index contributed by atoms with van der Waals surface area (Å²) in [5, 5.41) is 0.781. The summed E-state index contributed by atoms with van der Waals surface area (Å²) >= 11 is 7.68. The summed E-state index contributed by atoms with van der Waals surface area (Å²) in [4.78, 5) is 1.18. The predicted octanol–water partition coefficient (Wildman–Crippen LogP) is 3.21. The first-order valence-electron chi connectivity index (χ1n) is 3.60. The van der Waals surface area contributed by atoms with E-state index in [2.05, 4.69) is 0 Å². The van der Waals surface area contributed by atoms with Gasteiger partial charge in [0.2, 0.25) is 0 Å². The third-order valence-corrected chi connectivity index (χ3v) is 2.76. The van der Waals surface area contributed by atoms with Crippen molar-refractivity contribution in [1.29, 1.82) is 0 Å². The Labute approximate surface area is 82.1 Å². The number of benzene rings is 1. The molecule has 0 spiro atoms. The summed E-state index contributed by atoms with van der Waals surface area (Å²) in [6.07, 6.45) is 2.03. The van der Waals surface area contributed by atoms with Crippen molar-refractivity contribution < 1.29 is 4.74 Å². The second-order valence-electron chi connectivity index (χ2n) is 2.35. The molecule has 66 valence electrons. The predicted molar refractivity (Wildman–Crippen MR) is 53.9 cm³/mol. The Kier molecular flexibility index (Phi) is 3.92. The van der Waals surface area contributed by atoms with Crippen LogP contribution in [0.3, 0.4) is 0 Å². The standard InChI is InChI=1S/C9H11ClOS/c1-11-6-7-8(10)4-3-5-9(7)12-2/h3-5H,6H2,1-2H3. The van der Waals surface area contributed by atoms with Gasteiger partial charge in [-0.05, 0) is 18.4 Å². The van der Waals surface area contributed by atoms with Crippen molar-refractivity contribution in [2.24, 2.45) is 0 Å². The lowest BCUT2D eigenvalue weighted by Crippen LogP contribution is -1.91. The maximum Gasteiger partial charge on any atom is 0.0738 e. The van der Waals surface area contributed by atoms with Crippen LogP contribution in [0.5, 0.6) is 0 Å². The zero-order valence-corrected chi connectivity index (χ0v) is 8.71. The monoisotopic (exact) mass is 202 g/mol. The number of hydrogen-bond acceptors (Lipinski definition) is 2. The molecule has 0 bridgehead atoms. The molecule has 0 atom stereocenters. The van der Waals surface area contributed by atoms with E-state index in [1.54, 1.807) is 18.9 Å². The molecule has 0 aliphatic carbocycles. The summed E-state index contributed by atoms with van der Waals surface area (Å²) in [5.74, 6) is 0. The van der Waals surface area contributed by atoms with E-state index in [0.29, 0.717) is 6.61 Å². The summed E-state index contributed by atoms with van der Waals surface area (Å²) in [6, 6.07) is 5.88. The van der Waals surface area contributed by atoms with Gasteiger partial charge in [-0.3, -0.25) is 0 Å². The first-order chi connectivity index (χ1) is 5.79. The second-order valence-corrected chi connectivity index (χ2v) is 3.61. The molecule has 1 aromatic carbocycles. The molecule has 0 saturated carbocycles. The highest BCUT2D eigenvalue weighted by atomic mass is 35.5. The number of rotatable bonds is 3. The first-order valence-corrected chi connectivity index (χ1v) is 5.20. The molecule has 0 N–H and O–H groups in total. The number of methoxy groups -OCH3 is 1. The Balaban J connectivity index is 3.02. The second kappa shape index (κ2) is 4.75. The normalized spacial score (nSPS) is 10.2. The molecule has 1 rings (SSSR count). The third kappa shape index (κ3) is 2.16. The smallest absolute Gasteiger partial charge is 0.0738 e. The van der Waals surface area contributed by atoms with Gasteiger partial charge in [0.15, 0.2) is 0 Å². The molecule has 0 aliphatic heterocycles. The Bertz CT molecular complexity index is 263. The van der Waals surface area contributed by atoms with Gasteiger partial charge in [-0.25, -0.2) is 0 Å². The highest BCUT2D eigenvalue weighted by Crippen LogP contribution is 2.27. The van der Waals surface area contributed by atoms with Gasteiger partial charge in [0.05, 0.1) is 6.61 Å². The number of hydrogen-bond donors (Lipinski definition) is 0. The number of thioether (sulfide) groups is 1. The Hall–Kier alpha value is -0.180. The highest BCUT2D eigenvalue weighted by molar-refractivity contribution is 7.98. The molecule has 0 aromatic heterocycles. The molecule has 12 heavy (non-hydrogen) atoms. The van der Waals surface area contributed by atoms with Gasteiger partial charge in [-0.15, -0.1) is 11.8 Å². The topological polar surface area (TPSA) is 9.23 Å². The van der Waals surface area contributed by atoms with Crippen LogP contribution in [-0.4, -0.2) is 13.4 Å². The molecule has 0 heterocycles. The van der Waals surface area contributed by atoms with Crippen LogP contribution in [0, 0.1) is 0 Å². The van der Waals surface area contributed by atoms with Crippen LogP contribution in [0.4, 0.5) is 0 Å². The molecule has 0 aliphatic rings. The van der Waals surface area contributed by atoms with E-state index in [1.807, 2.05) is 24.5 Å². The number of halogens is 1. The van der Waals surface area contributed by atoms with E-state index in [1.165, 1.54) is 4.90 Å². The van der Waals surface area contributed by atoms with Gasteiger partial charge >= 0.3 is 0 Å². The fourth-order valence-electron chi connectivity index (χ4n) is 1.01. The SMILES string of the molecule is COCc1c(Cl)cccc1SC. The molecule has 0 radical (unpaired) electrons. The van der Waals surface area contributed by atoms with Crippen molar-refractivity contribution >= 4 is 23.4 Å². The van der Waals surface area contributed by atoms with Gasteiger partial charge in [0, 0.05) is 22.6 Å². The minimum Gasteiger partial charge on any atom is -0.380 e. The summed E-state index contributed by atoms with van der Waals surface area (Å²) in [6.45, 7) is 0.579. The van der Waals surface area contributed by atoms with Gasteiger partial charge < -0.3 is 4.74 Å². The minimum absolute atomic E-state index is 0.579. The van der Waals surface area contributed by atoms with Gasteiger partial charge in [-0.1, -0.05) is 17.7 Å². The third-order valence-electron chi connectivity index (χ3n) is 1.58. The summed E-state index contributed by atoms with van der Waals surface area (Å²) in [5.41, 5.74) is 1.08. The molecular weight excluding hydrogens is 192 g/mol. The maximum atomic E-state index is 5.99. The Morgan fingerprint density at radius 3 is 2.83 bits per heavy atom. The van der Waals surface area contributed by atoms with Gasteiger partial charge in [-0.2, -0.15) is 0 Å². The lowest BCUT2D eigenvalue weighted by atomic mass is 10.2. The van der Waals surface area contributed by atoms with Crippen LogP contribution in [0.2, 0.25) is 5.02 Å². The molecular formula is C9H11ClOS. The largest absolute Gasteiger partial charge is 0.380 e. The number of ether oxygens (including phenoxy) is 1. The van der Waals surface area contributed by atoms with Crippen LogP contribution < -0.4 is 0 Å². The molecule has 0 fully saturated rings. The molecule has 1 nitrogen and oxygen atoms in total. The highest BCUT2D eigenvalue weighted by Gasteiger charge is 2.04. The summed E-state index contributed by atoms with van der Waals surface area (Å²) < 4.78 is 5.05. The van der Waals surface area contributed by atoms with Gasteiger partial charge in [0.25, 0.3) is 0 Å². The quantitative estimate of drug-likeness (QED) is 0.697. The van der Waals surface area contributed by atoms with E-state index in [9.17, 15) is 0 Å². The van der Waals surface area contributed by atoms with Crippen molar-refractivity contribution in [2.75, 3.05) is 13.4 Å². The van der Waals surface area contributed by atoms with E-state index >= 15 is 0 Å². The lowest BCUT2D eigenvalue weighted by Gasteiger charge is -2.07. The van der Waals surface area contributed by atoms with Crippen molar-refractivity contribution in [3.63, 3.8) is 0 Å². The first kappa shape index (κ1) is 9.90. The lowest BCUT2D eigenvalue weighted by molar-refractivity contribution is 0.183. The minimum atomic E-state index is 0.579. The van der Waals surface area contributed by atoms with Crippen LogP contribution in [0.15, 0.2) is 23.1 Å². The molecule has 1 aromatic rings. The summed E-state index contributed by atoms with van der Waals surface area (Å²) in [7, 11) is 1.67. The zero-order valence-electron chi connectivity index (χ0n) is 7.13. The average molecular weight is 203 g/mol. The van der Waals surface area contributed by atoms with E-state index in [4.69, 9.17) is 16.3 Å². The Morgan fingerprint density at radius 2 is 2.25 bits per heavy atom. The van der Waals surface area contributed by atoms with Crippen molar-refractivity contribution in [2.45, 2.75) is 11.5 Å². The zero-order chi connectivity index (χ0) is 8.97. The van der Waals surface area contributed by atoms with E-state index < -0.39 is 0 Å². The van der Waals surface area contributed by atoms with Crippen LogP contribution in [0.25, 0.3) is 0 Å². The molecule has 3 heteroatoms. The van der Waals surface area contributed by atoms with Crippen molar-refractivity contribution in [3.05, 3.63) is 28.8 Å². The van der Waals surface area contributed by atoms with Crippen molar-refractivity contribution in [1.82, 2.24) is 0 Å². The molecule has 0 saturated heterocycles. The van der Waals surface area contributed by atoms with Gasteiger partial charge in [0.1, 0.15) is 0 Å². The molecule has 0 unspecified atom stereocenters. The maximum absolute atomic E-state index is 5.99. The average Bonchev–Trinajstić information content (AvgIpc) is 2.09. The van der Waals surface area contributed by atoms with Crippen molar-refractivity contribution in [3.8, 4) is 0 Å². The van der Waals surface area contributed by atoms with E-state index in [-0.39, 0.29) is 0 Å². The fourth-order valence-corrected chi connectivity index (χ4v) is 1.93.